The molecule has 2 aromatic carbocycles. The van der Waals surface area contributed by atoms with E-state index in [0.717, 1.165) is 44.7 Å². The number of hydrogen-bond acceptors (Lipinski definition) is 12. The van der Waals surface area contributed by atoms with Crippen LogP contribution in [0.1, 0.15) is 30.1 Å². The average molecular weight is 764 g/mol. The fourth-order valence-corrected chi connectivity index (χ4v) is 7.98. The minimum Gasteiger partial charge on any atom is -0.378 e. The van der Waals surface area contributed by atoms with Gasteiger partial charge in [-0.2, -0.15) is 10.2 Å². The summed E-state index contributed by atoms with van der Waals surface area (Å²) in [5.74, 6) is -0.107. The number of aliphatic hydroxyl groups excluding tert-OH is 1. The highest BCUT2D eigenvalue weighted by molar-refractivity contribution is 5.88. The molecule has 0 aliphatic carbocycles. The molecule has 1 unspecified atom stereocenters. The first-order valence-electron chi connectivity index (χ1n) is 18.6. The molecule has 0 bridgehead atoms. The van der Waals surface area contributed by atoms with Crippen LogP contribution in [0.4, 0.5) is 0 Å². The van der Waals surface area contributed by atoms with E-state index in [0.29, 0.717) is 47.8 Å². The number of fused-ring (bicyclic) bond motifs is 2. The number of carbonyl (C=O) groups is 1. The van der Waals surface area contributed by atoms with Gasteiger partial charge >= 0.3 is 0 Å². The lowest BCUT2D eigenvalue weighted by atomic mass is 9.96. The van der Waals surface area contributed by atoms with Gasteiger partial charge in [0.15, 0.2) is 22.8 Å². The van der Waals surface area contributed by atoms with Crippen LogP contribution < -0.4 is 0 Å². The molecule has 0 saturated carbocycles. The summed E-state index contributed by atoms with van der Waals surface area (Å²) in [4.78, 5) is 20.5. The number of rotatable bonds is 7. The second-order valence-electron chi connectivity index (χ2n) is 15.1. The molecule has 57 heavy (non-hydrogen) atoms. The second-order valence-corrected chi connectivity index (χ2v) is 15.1. The summed E-state index contributed by atoms with van der Waals surface area (Å²) in [6, 6.07) is 26.9. The number of likely N-dealkylation sites (tertiary alicyclic amines) is 2. The Hall–Kier alpha value is -6.52. The molecule has 8 heterocycles. The molecule has 0 spiro atoms. The highest BCUT2D eigenvalue weighted by Crippen LogP contribution is 2.40. The Morgan fingerprint density at radius 2 is 1.37 bits per heavy atom. The summed E-state index contributed by atoms with van der Waals surface area (Å²) in [6.45, 7) is 2.86. The molecule has 1 amide bonds. The van der Waals surface area contributed by atoms with E-state index in [2.05, 4.69) is 15.3 Å². The first-order valence-corrected chi connectivity index (χ1v) is 18.6. The van der Waals surface area contributed by atoms with Crippen molar-refractivity contribution in [2.24, 2.45) is 0 Å². The SMILES string of the molecule is Cc1cn2nc(-c3cc(-c4cc([C@]5(O)CCN(C)C5=O)on4)cc(-c4ccc5c(-c6cccc(-c7cc([C@]8(O)CCN(C)C8O)on7)c6)ccn5n4)c3)ccc2n1. The van der Waals surface area contributed by atoms with Gasteiger partial charge < -0.3 is 29.3 Å². The third-order valence-electron chi connectivity index (χ3n) is 11.3. The molecule has 2 fully saturated rings. The molecule has 6 aromatic heterocycles. The van der Waals surface area contributed by atoms with Crippen LogP contribution in [0, 0.1) is 6.92 Å². The summed E-state index contributed by atoms with van der Waals surface area (Å²) >= 11 is 0. The van der Waals surface area contributed by atoms with Gasteiger partial charge in [-0.25, -0.2) is 14.0 Å². The van der Waals surface area contributed by atoms with Crippen molar-refractivity contribution in [3.63, 3.8) is 0 Å². The minimum absolute atomic E-state index is 0.0949. The zero-order chi connectivity index (χ0) is 39.2. The van der Waals surface area contributed by atoms with E-state index in [4.69, 9.17) is 19.2 Å². The van der Waals surface area contributed by atoms with E-state index in [-0.39, 0.29) is 17.9 Å². The first-order chi connectivity index (χ1) is 27.5. The van der Waals surface area contributed by atoms with Crippen molar-refractivity contribution in [1.29, 1.82) is 0 Å². The van der Waals surface area contributed by atoms with E-state index in [1.54, 1.807) is 35.6 Å². The Morgan fingerprint density at radius 1 is 0.719 bits per heavy atom. The topological polar surface area (TPSA) is 184 Å². The predicted molar refractivity (Wildman–Crippen MR) is 207 cm³/mol. The maximum absolute atomic E-state index is 12.9. The Morgan fingerprint density at radius 3 is 2.09 bits per heavy atom. The molecule has 2 saturated heterocycles. The van der Waals surface area contributed by atoms with Gasteiger partial charge in [0, 0.05) is 79.1 Å². The molecule has 286 valence electrons. The highest BCUT2D eigenvalue weighted by atomic mass is 16.5. The number of aryl methyl sites for hydroxylation is 1. The van der Waals surface area contributed by atoms with E-state index in [1.807, 2.05) is 96.6 Å². The number of amides is 1. The number of likely N-dealkylation sites (N-methyl/N-ethyl adjacent to an activating group) is 2. The lowest BCUT2D eigenvalue weighted by Crippen LogP contribution is -2.40. The smallest absolute Gasteiger partial charge is 0.262 e. The van der Waals surface area contributed by atoms with Gasteiger partial charge in [0.25, 0.3) is 5.91 Å². The Labute approximate surface area is 325 Å². The maximum atomic E-state index is 12.9. The Kier molecular flexibility index (Phi) is 7.82. The summed E-state index contributed by atoms with van der Waals surface area (Å²) in [6.07, 6.45) is 3.23. The summed E-state index contributed by atoms with van der Waals surface area (Å²) in [7, 11) is 3.40. The molecular weight excluding hydrogens is 727 g/mol. The van der Waals surface area contributed by atoms with Gasteiger partial charge in [0.2, 0.25) is 5.60 Å². The van der Waals surface area contributed by atoms with Crippen molar-refractivity contribution in [3.8, 4) is 56.2 Å². The van der Waals surface area contributed by atoms with Crippen LogP contribution in [0.25, 0.3) is 67.3 Å². The number of carbonyl (C=O) groups excluding carboxylic acids is 1. The lowest BCUT2D eigenvalue weighted by Gasteiger charge is -2.25. The van der Waals surface area contributed by atoms with E-state index >= 15 is 0 Å². The molecule has 10 rings (SSSR count). The quantitative estimate of drug-likeness (QED) is 0.200. The minimum atomic E-state index is -1.78. The van der Waals surface area contributed by atoms with Crippen LogP contribution in [-0.2, 0) is 16.0 Å². The van der Waals surface area contributed by atoms with Crippen LogP contribution >= 0.6 is 0 Å². The number of hydrogen-bond donors (Lipinski definition) is 3. The number of imidazole rings is 1. The highest BCUT2D eigenvalue weighted by Gasteiger charge is 2.49. The third kappa shape index (κ3) is 5.65. The monoisotopic (exact) mass is 763 g/mol. The molecule has 3 atom stereocenters. The summed E-state index contributed by atoms with van der Waals surface area (Å²) in [5.41, 5.74) is 6.48. The van der Waals surface area contributed by atoms with Crippen molar-refractivity contribution >= 4 is 17.1 Å². The van der Waals surface area contributed by atoms with Gasteiger partial charge in [0.1, 0.15) is 17.6 Å². The van der Waals surface area contributed by atoms with Crippen LogP contribution in [-0.4, -0.2) is 99.0 Å². The van der Waals surface area contributed by atoms with Crippen molar-refractivity contribution in [1.82, 2.24) is 44.3 Å². The predicted octanol–water partition coefficient (Wildman–Crippen LogP) is 4.89. The normalized spacial score (nSPS) is 21.5. The third-order valence-corrected chi connectivity index (χ3v) is 11.3. The fourth-order valence-electron chi connectivity index (χ4n) is 7.98. The number of aliphatic hydroxyl groups is 3. The lowest BCUT2D eigenvalue weighted by molar-refractivity contribution is -0.144. The van der Waals surface area contributed by atoms with Gasteiger partial charge in [-0.3, -0.25) is 9.69 Å². The van der Waals surface area contributed by atoms with Gasteiger partial charge in [-0.1, -0.05) is 28.5 Å². The molecule has 8 aromatic rings. The van der Waals surface area contributed by atoms with Crippen molar-refractivity contribution in [2.45, 2.75) is 37.2 Å². The largest absolute Gasteiger partial charge is 0.378 e. The zero-order valence-electron chi connectivity index (χ0n) is 31.2. The molecule has 15 heteroatoms. The van der Waals surface area contributed by atoms with Crippen LogP contribution in [0.2, 0.25) is 0 Å². The Bertz CT molecular complexity index is 2880. The molecule has 0 radical (unpaired) electrons. The molecule has 2 aliphatic rings. The van der Waals surface area contributed by atoms with E-state index < -0.39 is 23.3 Å². The van der Waals surface area contributed by atoms with Crippen molar-refractivity contribution in [3.05, 3.63) is 115 Å². The number of aromatic nitrogens is 7. The number of nitrogens with zero attached hydrogens (tertiary/aromatic N) is 9. The molecule has 15 nitrogen and oxygen atoms in total. The van der Waals surface area contributed by atoms with E-state index in [9.17, 15) is 20.1 Å². The van der Waals surface area contributed by atoms with Crippen LogP contribution in [0.15, 0.2) is 106 Å². The van der Waals surface area contributed by atoms with E-state index in [1.165, 1.54) is 4.90 Å². The maximum Gasteiger partial charge on any atom is 0.262 e. The molecular formula is C42H37N9O6. The van der Waals surface area contributed by atoms with Crippen molar-refractivity contribution < 1.29 is 29.2 Å². The van der Waals surface area contributed by atoms with Crippen LogP contribution in [0.3, 0.4) is 0 Å². The number of benzene rings is 2. The molecule has 2 aliphatic heterocycles. The molecule has 3 N–H and O–H groups in total. The van der Waals surface area contributed by atoms with Crippen molar-refractivity contribution in [2.75, 3.05) is 27.2 Å². The summed E-state index contributed by atoms with van der Waals surface area (Å²) in [5, 5.41) is 51.4. The summed E-state index contributed by atoms with van der Waals surface area (Å²) < 4.78 is 14.8. The van der Waals surface area contributed by atoms with Gasteiger partial charge in [-0.15, -0.1) is 0 Å². The zero-order valence-corrected chi connectivity index (χ0v) is 31.2. The first kappa shape index (κ1) is 34.9. The van der Waals surface area contributed by atoms with Crippen LogP contribution in [0.5, 0.6) is 0 Å². The fraction of sp³-hybridized carbons (Fsp3) is 0.238. The van der Waals surface area contributed by atoms with Gasteiger partial charge in [0.05, 0.1) is 28.8 Å². The van der Waals surface area contributed by atoms with Gasteiger partial charge in [-0.05, 0) is 74.1 Å². The second kappa shape index (κ2) is 12.8. The average Bonchev–Trinajstić information content (AvgIpc) is 4.09. The standard InChI is InChI=1S/C42H37N9O6/c1-24-23-51-38(43-24)10-8-32(45-51)28-18-27(19-29(20-28)34-22-37(57-47-34)42(55)13-16-49(3)40(42)53)31-7-9-35-30(11-14-50(35)44-31)25-5-4-6-26(17-25)33-21-36(56-46-33)41(54)12-15-48(2)39(41)52/h4-11,14,17-23,39,52,54-55H,12-13,15-16H2,1-3H3/t39?,41-,42-/m1/s1. The Balaban J connectivity index is 1.01.